The third-order valence-electron chi connectivity index (χ3n) is 6.53. The number of nitrogens with zero attached hydrogens (tertiary/aromatic N) is 5. The summed E-state index contributed by atoms with van der Waals surface area (Å²) in [6.07, 6.45) is 3.53. The highest BCUT2D eigenvalue weighted by molar-refractivity contribution is 5.79. The summed E-state index contributed by atoms with van der Waals surface area (Å²) < 4.78 is 7.26. The molecule has 3 rings (SSSR count). The topological polar surface area (TPSA) is 79.6 Å². The number of methoxy groups -OCH3 is 1. The van der Waals surface area contributed by atoms with Crippen LogP contribution in [0.4, 0.5) is 0 Å². The average Bonchev–Trinajstić information content (AvgIpc) is 3.41. The lowest BCUT2D eigenvalue weighted by molar-refractivity contribution is 0.267. The van der Waals surface area contributed by atoms with Crippen LogP contribution in [0.1, 0.15) is 56.2 Å². The molecule has 8 nitrogen and oxygen atoms in total. The van der Waals surface area contributed by atoms with Gasteiger partial charge in [-0.25, -0.2) is 4.99 Å². The quantitative estimate of drug-likeness (QED) is 0.436. The van der Waals surface area contributed by atoms with Gasteiger partial charge in [-0.3, -0.25) is 4.90 Å². The van der Waals surface area contributed by atoms with Gasteiger partial charge in [0.2, 0.25) is 0 Å². The Morgan fingerprint density at radius 2 is 2.03 bits per heavy atom. The number of aryl methyl sites for hydroxylation is 1. The summed E-state index contributed by atoms with van der Waals surface area (Å²) in [6.45, 7) is 11.0. The predicted octanol–water partition coefficient (Wildman–Crippen LogP) is 2.85. The molecule has 0 spiro atoms. The molecule has 2 heterocycles. The molecule has 2 aromatic rings. The van der Waals surface area contributed by atoms with Crippen LogP contribution in [0.2, 0.25) is 0 Å². The molecule has 2 atom stereocenters. The van der Waals surface area contributed by atoms with E-state index in [1.54, 1.807) is 7.11 Å². The van der Waals surface area contributed by atoms with Gasteiger partial charge in [0, 0.05) is 26.2 Å². The number of aliphatic imine (C=N–C) groups is 1. The molecule has 1 aliphatic rings. The maximum atomic E-state index is 5.27. The van der Waals surface area contributed by atoms with Crippen LogP contribution >= 0.6 is 0 Å². The monoisotopic (exact) mass is 441 g/mol. The summed E-state index contributed by atoms with van der Waals surface area (Å²) in [5.41, 5.74) is 1.32. The number of aromatic nitrogens is 3. The zero-order valence-electron chi connectivity index (χ0n) is 20.3. The van der Waals surface area contributed by atoms with Gasteiger partial charge >= 0.3 is 0 Å². The molecular weight excluding hydrogens is 402 g/mol. The summed E-state index contributed by atoms with van der Waals surface area (Å²) in [6, 6.07) is 8.91. The molecule has 2 N–H and O–H groups in total. The third kappa shape index (κ3) is 6.45. The van der Waals surface area contributed by atoms with E-state index >= 15 is 0 Å². The minimum Gasteiger partial charge on any atom is -0.497 e. The molecule has 1 fully saturated rings. The molecule has 1 aromatic carbocycles. The van der Waals surface area contributed by atoms with Crippen LogP contribution in [0.3, 0.4) is 0 Å². The normalized spacial score (nSPS) is 18.0. The molecule has 0 radical (unpaired) electrons. The molecule has 176 valence electrons. The molecule has 1 aromatic heterocycles. The second-order valence-electron chi connectivity index (χ2n) is 8.58. The minimum absolute atomic E-state index is 0.446. The Morgan fingerprint density at radius 1 is 1.25 bits per heavy atom. The van der Waals surface area contributed by atoms with Gasteiger partial charge in [-0.1, -0.05) is 26.0 Å². The largest absolute Gasteiger partial charge is 0.497 e. The lowest BCUT2D eigenvalue weighted by Crippen LogP contribution is -2.45. The fourth-order valence-electron chi connectivity index (χ4n) is 4.18. The van der Waals surface area contributed by atoms with Gasteiger partial charge in [-0.2, -0.15) is 0 Å². The molecule has 0 bridgehead atoms. The summed E-state index contributed by atoms with van der Waals surface area (Å²) in [4.78, 5) is 7.35. The van der Waals surface area contributed by atoms with Crippen molar-refractivity contribution in [3.05, 3.63) is 41.5 Å². The van der Waals surface area contributed by atoms with Gasteiger partial charge in [0.15, 0.2) is 11.8 Å². The van der Waals surface area contributed by atoms with Gasteiger partial charge in [0.05, 0.1) is 7.11 Å². The Bertz CT molecular complexity index is 862. The molecule has 0 aliphatic carbocycles. The van der Waals surface area contributed by atoms with Crippen LogP contribution < -0.4 is 15.4 Å². The van der Waals surface area contributed by atoms with E-state index in [1.165, 1.54) is 24.9 Å². The third-order valence-corrected chi connectivity index (χ3v) is 6.53. The van der Waals surface area contributed by atoms with E-state index in [4.69, 9.17) is 9.73 Å². The van der Waals surface area contributed by atoms with Crippen molar-refractivity contribution < 1.29 is 4.74 Å². The van der Waals surface area contributed by atoms with Crippen LogP contribution in [0.25, 0.3) is 0 Å². The number of hydrogen-bond donors (Lipinski definition) is 2. The summed E-state index contributed by atoms with van der Waals surface area (Å²) >= 11 is 0. The molecule has 8 heteroatoms. The highest BCUT2D eigenvalue weighted by atomic mass is 16.5. The smallest absolute Gasteiger partial charge is 0.191 e. The summed E-state index contributed by atoms with van der Waals surface area (Å²) in [5, 5.41) is 15.5. The number of guanidine groups is 1. The standard InChI is InChI=1S/C24H39N7O/c1-6-31-15-7-8-21(31)16-26-24(27-17-23-29-28-19(3)30(23)4)25-14-13-18(2)20-9-11-22(32-5)12-10-20/h9-12,18,21H,6-8,13-17H2,1-5H3,(H2,25,26,27). The first-order chi connectivity index (χ1) is 15.5. The van der Waals surface area contributed by atoms with Gasteiger partial charge < -0.3 is 19.9 Å². The zero-order valence-corrected chi connectivity index (χ0v) is 20.3. The molecule has 1 saturated heterocycles. The van der Waals surface area contributed by atoms with Crippen molar-refractivity contribution in [2.75, 3.05) is 33.3 Å². The Hall–Kier alpha value is -2.61. The first-order valence-electron chi connectivity index (χ1n) is 11.8. The molecule has 2 unspecified atom stereocenters. The highest BCUT2D eigenvalue weighted by Gasteiger charge is 2.22. The molecule has 32 heavy (non-hydrogen) atoms. The average molecular weight is 442 g/mol. The Balaban J connectivity index is 1.57. The number of nitrogens with one attached hydrogen (secondary N) is 2. The van der Waals surface area contributed by atoms with Crippen molar-refractivity contribution >= 4 is 5.96 Å². The van der Waals surface area contributed by atoms with Crippen molar-refractivity contribution in [2.24, 2.45) is 12.0 Å². The summed E-state index contributed by atoms with van der Waals surface area (Å²) in [5.74, 6) is 3.95. The number of likely N-dealkylation sites (tertiary alicyclic amines) is 1. The Labute approximate surface area is 192 Å². The maximum Gasteiger partial charge on any atom is 0.191 e. The molecule has 0 saturated carbocycles. The van der Waals surface area contributed by atoms with E-state index in [1.807, 2.05) is 30.7 Å². The fraction of sp³-hybridized carbons (Fsp3) is 0.625. The minimum atomic E-state index is 0.446. The van der Waals surface area contributed by atoms with Crippen LogP contribution in [-0.2, 0) is 13.6 Å². The second kappa shape index (κ2) is 11.9. The van der Waals surface area contributed by atoms with Gasteiger partial charge in [0.1, 0.15) is 18.1 Å². The van der Waals surface area contributed by atoms with Crippen molar-refractivity contribution in [1.29, 1.82) is 0 Å². The molecule has 0 amide bonds. The van der Waals surface area contributed by atoms with E-state index in [9.17, 15) is 0 Å². The Morgan fingerprint density at radius 3 is 2.69 bits per heavy atom. The first-order valence-corrected chi connectivity index (χ1v) is 11.8. The fourth-order valence-corrected chi connectivity index (χ4v) is 4.18. The second-order valence-corrected chi connectivity index (χ2v) is 8.58. The van der Waals surface area contributed by atoms with Crippen LogP contribution in [-0.4, -0.2) is 65.0 Å². The van der Waals surface area contributed by atoms with E-state index in [0.717, 1.165) is 49.4 Å². The van der Waals surface area contributed by atoms with Crippen molar-refractivity contribution in [2.45, 2.75) is 58.5 Å². The van der Waals surface area contributed by atoms with Crippen molar-refractivity contribution in [1.82, 2.24) is 30.3 Å². The van der Waals surface area contributed by atoms with Crippen molar-refractivity contribution in [3.63, 3.8) is 0 Å². The SMILES string of the molecule is CCN1CCCC1CNC(=NCc1nnc(C)n1C)NCCC(C)c1ccc(OC)cc1. The number of rotatable bonds is 10. The first kappa shape index (κ1) is 24.0. The number of ether oxygens (including phenoxy) is 1. The van der Waals surface area contributed by atoms with E-state index in [2.05, 4.69) is 51.7 Å². The van der Waals surface area contributed by atoms with Crippen molar-refractivity contribution in [3.8, 4) is 5.75 Å². The lowest BCUT2D eigenvalue weighted by Gasteiger charge is -2.24. The highest BCUT2D eigenvalue weighted by Crippen LogP contribution is 2.21. The van der Waals surface area contributed by atoms with Gasteiger partial charge in [-0.15, -0.1) is 10.2 Å². The molecule has 1 aliphatic heterocycles. The lowest BCUT2D eigenvalue weighted by atomic mass is 9.98. The van der Waals surface area contributed by atoms with E-state index < -0.39 is 0 Å². The number of benzene rings is 1. The van der Waals surface area contributed by atoms with Gasteiger partial charge in [0.25, 0.3) is 0 Å². The van der Waals surface area contributed by atoms with E-state index in [-0.39, 0.29) is 0 Å². The van der Waals surface area contributed by atoms with E-state index in [0.29, 0.717) is 18.5 Å². The van der Waals surface area contributed by atoms with Gasteiger partial charge in [-0.05, 0) is 62.9 Å². The van der Waals surface area contributed by atoms with Crippen LogP contribution in [0.5, 0.6) is 5.75 Å². The number of hydrogen-bond acceptors (Lipinski definition) is 5. The molecular formula is C24H39N7O. The predicted molar refractivity (Wildman–Crippen MR) is 129 cm³/mol. The van der Waals surface area contributed by atoms with Crippen LogP contribution in [0.15, 0.2) is 29.3 Å². The zero-order chi connectivity index (χ0) is 22.9. The summed E-state index contributed by atoms with van der Waals surface area (Å²) in [7, 11) is 3.68. The maximum absolute atomic E-state index is 5.27. The number of likely N-dealkylation sites (N-methyl/N-ethyl adjacent to an activating group) is 1. The van der Waals surface area contributed by atoms with Crippen LogP contribution in [0, 0.1) is 6.92 Å². The Kier molecular flexibility index (Phi) is 8.90.